The fraction of sp³-hybridized carbons (Fsp3) is 0.571. The van der Waals surface area contributed by atoms with Crippen LogP contribution in [0.2, 0.25) is 0 Å². The molecule has 1 aliphatic rings. The van der Waals surface area contributed by atoms with Crippen LogP contribution >= 0.6 is 11.8 Å². The van der Waals surface area contributed by atoms with E-state index in [2.05, 4.69) is 13.8 Å². The summed E-state index contributed by atoms with van der Waals surface area (Å²) in [7, 11) is 0. The van der Waals surface area contributed by atoms with Gasteiger partial charge in [-0.25, -0.2) is 0 Å². The predicted octanol–water partition coefficient (Wildman–Crippen LogP) is 5.38. The molecule has 0 N–H and O–H groups in total. The van der Waals surface area contributed by atoms with Crippen LogP contribution in [0, 0.1) is 5.92 Å². The van der Waals surface area contributed by atoms with Crippen LogP contribution in [0.15, 0.2) is 29.2 Å². The Morgan fingerprint density at radius 1 is 1.17 bits per heavy atom. The molecule has 0 aliphatic heterocycles. The number of thioether (sulfide) groups is 1. The topological polar surface area (TPSA) is 0 Å². The summed E-state index contributed by atoms with van der Waals surface area (Å²) in [6.07, 6.45) is -0.619. The molecule has 0 aromatic heterocycles. The Kier molecular flexibility index (Phi) is 3.67. The summed E-state index contributed by atoms with van der Waals surface area (Å²) in [5.41, 5.74) is -0.558. The molecule has 18 heavy (non-hydrogen) atoms. The molecule has 1 aromatic carbocycles. The zero-order chi connectivity index (χ0) is 13.4. The van der Waals surface area contributed by atoms with Crippen molar-refractivity contribution in [3.63, 3.8) is 0 Å². The molecule has 100 valence electrons. The van der Waals surface area contributed by atoms with Crippen molar-refractivity contribution in [2.24, 2.45) is 5.92 Å². The average molecular weight is 274 g/mol. The molecular formula is C14H17F3S. The van der Waals surface area contributed by atoms with Gasteiger partial charge in [-0.15, -0.1) is 11.8 Å². The fourth-order valence-electron chi connectivity index (χ4n) is 2.23. The van der Waals surface area contributed by atoms with Crippen LogP contribution in [0.4, 0.5) is 13.2 Å². The Morgan fingerprint density at radius 2 is 1.83 bits per heavy atom. The van der Waals surface area contributed by atoms with Crippen molar-refractivity contribution in [3.05, 3.63) is 29.8 Å². The highest BCUT2D eigenvalue weighted by Gasteiger charge is 2.35. The van der Waals surface area contributed by atoms with Crippen molar-refractivity contribution in [2.75, 3.05) is 0 Å². The van der Waals surface area contributed by atoms with Gasteiger partial charge in [0.2, 0.25) is 0 Å². The van der Waals surface area contributed by atoms with Gasteiger partial charge >= 0.3 is 6.18 Å². The molecule has 0 heterocycles. The molecule has 0 unspecified atom stereocenters. The van der Waals surface area contributed by atoms with Gasteiger partial charge in [-0.3, -0.25) is 0 Å². The lowest BCUT2D eigenvalue weighted by atomic mass is 9.77. The third kappa shape index (κ3) is 3.02. The SMILES string of the molecule is CC(C)(Sc1cccc(C(F)(F)F)c1)C1CCC1. The minimum atomic E-state index is -4.25. The van der Waals surface area contributed by atoms with Crippen molar-refractivity contribution in [2.45, 2.75) is 48.9 Å². The van der Waals surface area contributed by atoms with Crippen LogP contribution in [0.3, 0.4) is 0 Å². The quantitative estimate of drug-likeness (QED) is 0.667. The molecule has 0 nitrogen and oxygen atoms in total. The van der Waals surface area contributed by atoms with Crippen molar-refractivity contribution in [1.82, 2.24) is 0 Å². The zero-order valence-electron chi connectivity index (χ0n) is 10.6. The van der Waals surface area contributed by atoms with E-state index in [0.717, 1.165) is 6.07 Å². The number of hydrogen-bond donors (Lipinski definition) is 0. The molecule has 1 fully saturated rings. The van der Waals surface area contributed by atoms with E-state index in [1.807, 2.05) is 0 Å². The number of alkyl halides is 3. The van der Waals surface area contributed by atoms with Crippen LogP contribution in [0.25, 0.3) is 0 Å². The van der Waals surface area contributed by atoms with Gasteiger partial charge in [0.15, 0.2) is 0 Å². The second-order valence-corrected chi connectivity index (χ2v) is 7.09. The Morgan fingerprint density at radius 3 is 2.33 bits per heavy atom. The van der Waals surface area contributed by atoms with Crippen molar-refractivity contribution in [1.29, 1.82) is 0 Å². The Labute approximate surface area is 110 Å². The molecule has 1 saturated carbocycles. The summed E-state index contributed by atoms with van der Waals surface area (Å²) in [5, 5.41) is 0. The maximum Gasteiger partial charge on any atom is 0.416 e. The summed E-state index contributed by atoms with van der Waals surface area (Å²) >= 11 is 1.56. The summed E-state index contributed by atoms with van der Waals surface area (Å²) in [6.45, 7) is 4.25. The van der Waals surface area contributed by atoms with Crippen LogP contribution in [-0.2, 0) is 6.18 Å². The lowest BCUT2D eigenvalue weighted by molar-refractivity contribution is -0.137. The highest BCUT2D eigenvalue weighted by molar-refractivity contribution is 8.00. The van der Waals surface area contributed by atoms with Gasteiger partial charge in [-0.05, 0) is 37.0 Å². The fourth-order valence-corrected chi connectivity index (χ4v) is 3.57. The van der Waals surface area contributed by atoms with Crippen LogP contribution in [0.1, 0.15) is 38.7 Å². The Hall–Kier alpha value is -0.640. The third-order valence-corrected chi connectivity index (χ3v) is 4.98. The van der Waals surface area contributed by atoms with Crippen LogP contribution in [-0.4, -0.2) is 4.75 Å². The molecule has 0 amide bonds. The summed E-state index contributed by atoms with van der Waals surface area (Å²) < 4.78 is 37.9. The lowest BCUT2D eigenvalue weighted by Gasteiger charge is -2.40. The number of rotatable bonds is 3. The molecular weight excluding hydrogens is 257 g/mol. The van der Waals surface area contributed by atoms with Gasteiger partial charge < -0.3 is 0 Å². The molecule has 1 aliphatic carbocycles. The highest BCUT2D eigenvalue weighted by atomic mass is 32.2. The standard InChI is InChI=1S/C14H17F3S/c1-13(2,10-5-3-6-10)18-12-8-4-7-11(9-12)14(15,16)17/h4,7-10H,3,5-6H2,1-2H3. The Balaban J connectivity index is 2.14. The molecule has 0 saturated heterocycles. The van der Waals surface area contributed by atoms with E-state index in [4.69, 9.17) is 0 Å². The van der Waals surface area contributed by atoms with Crippen molar-refractivity contribution < 1.29 is 13.2 Å². The van der Waals surface area contributed by atoms with Crippen LogP contribution in [0.5, 0.6) is 0 Å². The summed E-state index contributed by atoms with van der Waals surface area (Å²) in [6, 6.07) is 5.63. The largest absolute Gasteiger partial charge is 0.416 e. The second kappa shape index (κ2) is 4.80. The Bertz CT molecular complexity index is 419. The third-order valence-electron chi connectivity index (χ3n) is 3.63. The average Bonchev–Trinajstić information content (AvgIpc) is 2.11. The van der Waals surface area contributed by atoms with E-state index < -0.39 is 11.7 Å². The van der Waals surface area contributed by atoms with Gasteiger partial charge in [0.1, 0.15) is 0 Å². The van der Waals surface area contributed by atoms with Gasteiger partial charge in [0, 0.05) is 9.64 Å². The molecule has 1 aromatic rings. The number of halogens is 3. The van der Waals surface area contributed by atoms with E-state index in [1.165, 1.54) is 31.4 Å². The molecule has 0 spiro atoms. The van der Waals surface area contributed by atoms with Gasteiger partial charge in [0.25, 0.3) is 0 Å². The van der Waals surface area contributed by atoms with E-state index in [0.29, 0.717) is 10.8 Å². The molecule has 0 bridgehead atoms. The monoisotopic (exact) mass is 274 g/mol. The van der Waals surface area contributed by atoms with Crippen molar-refractivity contribution in [3.8, 4) is 0 Å². The van der Waals surface area contributed by atoms with E-state index >= 15 is 0 Å². The van der Waals surface area contributed by atoms with E-state index in [1.54, 1.807) is 17.8 Å². The molecule has 4 heteroatoms. The first-order valence-electron chi connectivity index (χ1n) is 6.15. The van der Waals surface area contributed by atoms with Gasteiger partial charge in [-0.1, -0.05) is 26.3 Å². The van der Waals surface area contributed by atoms with E-state index in [-0.39, 0.29) is 4.75 Å². The highest BCUT2D eigenvalue weighted by Crippen LogP contribution is 2.47. The second-order valence-electron chi connectivity index (χ2n) is 5.36. The summed E-state index contributed by atoms with van der Waals surface area (Å²) in [5.74, 6) is 0.622. The zero-order valence-corrected chi connectivity index (χ0v) is 11.4. The van der Waals surface area contributed by atoms with Gasteiger partial charge in [-0.2, -0.15) is 13.2 Å². The summed E-state index contributed by atoms with van der Waals surface area (Å²) in [4.78, 5) is 0.710. The predicted molar refractivity (Wildman–Crippen MR) is 68.7 cm³/mol. The lowest BCUT2D eigenvalue weighted by Crippen LogP contribution is -2.32. The molecule has 0 atom stereocenters. The first kappa shape index (κ1) is 13.8. The van der Waals surface area contributed by atoms with Crippen LogP contribution < -0.4 is 0 Å². The van der Waals surface area contributed by atoms with Crippen molar-refractivity contribution >= 4 is 11.8 Å². The maximum absolute atomic E-state index is 12.6. The first-order valence-corrected chi connectivity index (χ1v) is 6.97. The number of benzene rings is 1. The number of hydrogen-bond acceptors (Lipinski definition) is 1. The first-order chi connectivity index (χ1) is 8.29. The van der Waals surface area contributed by atoms with Gasteiger partial charge in [0.05, 0.1) is 5.56 Å². The molecule has 2 rings (SSSR count). The minimum Gasteiger partial charge on any atom is -0.166 e. The minimum absolute atomic E-state index is 0.0163. The van der Waals surface area contributed by atoms with E-state index in [9.17, 15) is 13.2 Å². The normalized spacial score (nSPS) is 17.6. The smallest absolute Gasteiger partial charge is 0.166 e. The molecule has 0 radical (unpaired) electrons. The maximum atomic E-state index is 12.6.